The molecule has 0 amide bonds. The van der Waals surface area contributed by atoms with Crippen molar-refractivity contribution < 1.29 is 0 Å². The zero-order chi connectivity index (χ0) is 11.4. The lowest BCUT2D eigenvalue weighted by Gasteiger charge is -2.29. The molecule has 0 aliphatic carbocycles. The molecule has 1 aliphatic heterocycles. The van der Waals surface area contributed by atoms with E-state index < -0.39 is 0 Å². The van der Waals surface area contributed by atoms with E-state index in [4.69, 9.17) is 11.6 Å². The van der Waals surface area contributed by atoms with Crippen molar-refractivity contribution in [1.82, 2.24) is 14.9 Å². The van der Waals surface area contributed by atoms with Crippen molar-refractivity contribution in [2.24, 2.45) is 5.92 Å². The molecule has 0 radical (unpaired) electrons. The average Bonchev–Trinajstić information content (AvgIpc) is 2.27. The van der Waals surface area contributed by atoms with Crippen LogP contribution in [0.1, 0.15) is 12.8 Å². The van der Waals surface area contributed by atoms with Crippen LogP contribution in [0.15, 0.2) is 12.4 Å². The van der Waals surface area contributed by atoms with E-state index in [1.54, 1.807) is 12.4 Å². The number of rotatable bonds is 3. The normalized spacial score (nSPS) is 22.0. The standard InChI is InChI=1S/C11H17ClN4/c1-16-4-2-3-9(8-16)5-14-11-7-13-6-10(12)15-11/h6-7,9H,2-5,8H2,1H3,(H,14,15). The second-order valence-electron chi connectivity index (χ2n) is 4.38. The highest BCUT2D eigenvalue weighted by Crippen LogP contribution is 2.15. The van der Waals surface area contributed by atoms with Gasteiger partial charge in [0, 0.05) is 13.1 Å². The highest BCUT2D eigenvalue weighted by atomic mass is 35.5. The number of aromatic nitrogens is 2. The summed E-state index contributed by atoms with van der Waals surface area (Å²) in [7, 11) is 2.17. The largest absolute Gasteiger partial charge is 0.368 e. The summed E-state index contributed by atoms with van der Waals surface area (Å²) in [5.41, 5.74) is 0. The Bertz CT molecular complexity index is 345. The molecule has 1 atom stereocenters. The smallest absolute Gasteiger partial charge is 0.149 e. The van der Waals surface area contributed by atoms with Crippen LogP contribution in [0.3, 0.4) is 0 Å². The molecule has 5 heteroatoms. The molecular formula is C11H17ClN4. The molecule has 16 heavy (non-hydrogen) atoms. The third-order valence-electron chi connectivity index (χ3n) is 2.90. The Morgan fingerprint density at radius 1 is 1.56 bits per heavy atom. The zero-order valence-electron chi connectivity index (χ0n) is 9.49. The first-order valence-electron chi connectivity index (χ1n) is 5.64. The summed E-state index contributed by atoms with van der Waals surface area (Å²) in [6.45, 7) is 3.31. The minimum Gasteiger partial charge on any atom is -0.368 e. The van der Waals surface area contributed by atoms with E-state index in [2.05, 4.69) is 27.2 Å². The van der Waals surface area contributed by atoms with Gasteiger partial charge in [0.2, 0.25) is 0 Å². The van der Waals surface area contributed by atoms with Gasteiger partial charge in [-0.2, -0.15) is 0 Å². The Morgan fingerprint density at radius 2 is 2.44 bits per heavy atom. The van der Waals surface area contributed by atoms with Crippen molar-refractivity contribution in [2.75, 3.05) is 32.0 Å². The fraction of sp³-hybridized carbons (Fsp3) is 0.636. The molecule has 2 rings (SSSR count). The topological polar surface area (TPSA) is 41.0 Å². The minimum absolute atomic E-state index is 0.436. The summed E-state index contributed by atoms with van der Waals surface area (Å²) in [5, 5.41) is 3.73. The summed E-state index contributed by atoms with van der Waals surface area (Å²) in [6.07, 6.45) is 5.81. The predicted molar refractivity (Wildman–Crippen MR) is 65.8 cm³/mol. The Labute approximate surface area is 101 Å². The number of nitrogens with zero attached hydrogens (tertiary/aromatic N) is 3. The summed E-state index contributed by atoms with van der Waals surface area (Å²) in [6, 6.07) is 0. The van der Waals surface area contributed by atoms with Crippen LogP contribution in [0.4, 0.5) is 5.82 Å². The maximum Gasteiger partial charge on any atom is 0.149 e. The second kappa shape index (κ2) is 5.46. The number of hydrogen-bond donors (Lipinski definition) is 1. The summed E-state index contributed by atoms with van der Waals surface area (Å²) in [5.74, 6) is 1.46. The van der Waals surface area contributed by atoms with Crippen LogP contribution in [0.5, 0.6) is 0 Å². The van der Waals surface area contributed by atoms with E-state index in [-0.39, 0.29) is 0 Å². The van der Waals surface area contributed by atoms with E-state index in [1.165, 1.54) is 19.4 Å². The fourth-order valence-electron chi connectivity index (χ4n) is 2.12. The first-order chi connectivity index (χ1) is 7.74. The molecule has 2 heterocycles. The molecule has 0 bridgehead atoms. The van der Waals surface area contributed by atoms with Crippen molar-refractivity contribution in [3.8, 4) is 0 Å². The van der Waals surface area contributed by atoms with Crippen LogP contribution in [0.2, 0.25) is 5.15 Å². The molecule has 1 unspecified atom stereocenters. The number of anilines is 1. The van der Waals surface area contributed by atoms with Crippen LogP contribution in [-0.2, 0) is 0 Å². The van der Waals surface area contributed by atoms with Gasteiger partial charge in [-0.1, -0.05) is 11.6 Å². The molecule has 1 saturated heterocycles. The van der Waals surface area contributed by atoms with Gasteiger partial charge in [0.05, 0.1) is 12.4 Å². The van der Waals surface area contributed by atoms with Crippen LogP contribution in [0, 0.1) is 5.92 Å². The molecule has 1 aromatic heterocycles. The van der Waals surface area contributed by atoms with E-state index in [1.807, 2.05) is 0 Å². The highest BCUT2D eigenvalue weighted by molar-refractivity contribution is 6.29. The van der Waals surface area contributed by atoms with Gasteiger partial charge in [0.25, 0.3) is 0 Å². The lowest BCUT2D eigenvalue weighted by molar-refractivity contribution is 0.217. The van der Waals surface area contributed by atoms with Gasteiger partial charge in [0.1, 0.15) is 11.0 Å². The Balaban J connectivity index is 1.82. The van der Waals surface area contributed by atoms with Gasteiger partial charge < -0.3 is 10.2 Å². The second-order valence-corrected chi connectivity index (χ2v) is 4.77. The van der Waals surface area contributed by atoms with Crippen LogP contribution in [0.25, 0.3) is 0 Å². The zero-order valence-corrected chi connectivity index (χ0v) is 10.2. The molecule has 1 aromatic rings. The first kappa shape index (κ1) is 11.6. The van der Waals surface area contributed by atoms with Gasteiger partial charge in [-0.15, -0.1) is 0 Å². The fourth-order valence-corrected chi connectivity index (χ4v) is 2.26. The van der Waals surface area contributed by atoms with Crippen molar-refractivity contribution in [1.29, 1.82) is 0 Å². The SMILES string of the molecule is CN1CCCC(CNc2cncc(Cl)n2)C1. The molecule has 1 aliphatic rings. The first-order valence-corrected chi connectivity index (χ1v) is 6.02. The molecule has 88 valence electrons. The van der Waals surface area contributed by atoms with Crippen molar-refractivity contribution in [2.45, 2.75) is 12.8 Å². The summed E-state index contributed by atoms with van der Waals surface area (Å²) < 4.78 is 0. The number of halogens is 1. The van der Waals surface area contributed by atoms with Crippen LogP contribution < -0.4 is 5.32 Å². The van der Waals surface area contributed by atoms with Gasteiger partial charge in [-0.25, -0.2) is 4.98 Å². The number of likely N-dealkylation sites (tertiary alicyclic amines) is 1. The molecule has 1 N–H and O–H groups in total. The molecule has 0 saturated carbocycles. The van der Waals surface area contributed by atoms with Gasteiger partial charge in [-0.05, 0) is 32.4 Å². The van der Waals surface area contributed by atoms with Crippen molar-refractivity contribution in [3.63, 3.8) is 0 Å². The lowest BCUT2D eigenvalue weighted by atomic mass is 9.98. The highest BCUT2D eigenvalue weighted by Gasteiger charge is 2.16. The quantitative estimate of drug-likeness (QED) is 0.876. The monoisotopic (exact) mass is 240 g/mol. The van der Waals surface area contributed by atoms with Gasteiger partial charge in [0.15, 0.2) is 0 Å². The number of hydrogen-bond acceptors (Lipinski definition) is 4. The van der Waals surface area contributed by atoms with Crippen molar-refractivity contribution >= 4 is 17.4 Å². The third kappa shape index (κ3) is 3.32. The van der Waals surface area contributed by atoms with E-state index in [0.717, 1.165) is 18.9 Å². The van der Waals surface area contributed by atoms with Gasteiger partial charge >= 0.3 is 0 Å². The Kier molecular flexibility index (Phi) is 3.96. The predicted octanol–water partition coefficient (Wildman–Crippen LogP) is 1.88. The summed E-state index contributed by atoms with van der Waals surface area (Å²) in [4.78, 5) is 10.5. The molecule has 1 fully saturated rings. The number of piperidine rings is 1. The molecule has 0 aromatic carbocycles. The van der Waals surface area contributed by atoms with Crippen LogP contribution in [-0.4, -0.2) is 41.5 Å². The number of nitrogens with one attached hydrogen (secondary N) is 1. The van der Waals surface area contributed by atoms with Crippen molar-refractivity contribution in [3.05, 3.63) is 17.5 Å². The molecule has 0 spiro atoms. The maximum atomic E-state index is 5.77. The maximum absolute atomic E-state index is 5.77. The minimum atomic E-state index is 0.436. The third-order valence-corrected chi connectivity index (χ3v) is 3.08. The van der Waals surface area contributed by atoms with E-state index in [0.29, 0.717) is 11.1 Å². The molecule has 4 nitrogen and oxygen atoms in total. The van der Waals surface area contributed by atoms with Crippen LogP contribution >= 0.6 is 11.6 Å². The molecular weight excluding hydrogens is 224 g/mol. The van der Waals surface area contributed by atoms with E-state index in [9.17, 15) is 0 Å². The summed E-state index contributed by atoms with van der Waals surface area (Å²) >= 11 is 5.77. The van der Waals surface area contributed by atoms with E-state index >= 15 is 0 Å². The van der Waals surface area contributed by atoms with Gasteiger partial charge in [-0.3, -0.25) is 4.98 Å². The Hall–Kier alpha value is -0.870. The average molecular weight is 241 g/mol. The lowest BCUT2D eigenvalue weighted by Crippen LogP contribution is -2.35. The Morgan fingerprint density at radius 3 is 3.19 bits per heavy atom.